The van der Waals surface area contributed by atoms with E-state index in [0.29, 0.717) is 25.9 Å². The first-order valence-electron chi connectivity index (χ1n) is 27.7. The van der Waals surface area contributed by atoms with Gasteiger partial charge in [0.2, 0.25) is 0 Å². The highest BCUT2D eigenvalue weighted by molar-refractivity contribution is 5.70. The van der Waals surface area contributed by atoms with Gasteiger partial charge in [-0.05, 0) is 128 Å². The number of esters is 2. The maximum Gasteiger partial charge on any atom is 0.306 e. The molecule has 0 fully saturated rings. The molecule has 0 rings (SSSR count). The Hall–Kier alpha value is -3.96. The molecule has 0 aliphatic rings. The fourth-order valence-electron chi connectivity index (χ4n) is 7.10. The van der Waals surface area contributed by atoms with Gasteiger partial charge >= 0.3 is 11.9 Å². The highest BCUT2D eigenvalue weighted by Gasteiger charge is 2.17. The largest absolute Gasteiger partial charge is 0.462 e. The Morgan fingerprint density at radius 2 is 0.676 bits per heavy atom. The minimum Gasteiger partial charge on any atom is -0.462 e. The van der Waals surface area contributed by atoms with E-state index in [0.717, 1.165) is 109 Å². The first kappa shape index (κ1) is 64.0. The maximum atomic E-state index is 12.8. The zero-order valence-electron chi connectivity index (χ0n) is 44.1. The number of rotatable bonds is 49. The van der Waals surface area contributed by atoms with Crippen molar-refractivity contribution in [1.82, 2.24) is 0 Å². The summed E-state index contributed by atoms with van der Waals surface area (Å²) in [6.45, 7) is 7.48. The first-order chi connectivity index (χ1) is 33.6. The number of unbranched alkanes of at least 4 members (excludes halogenated alkanes) is 16. The van der Waals surface area contributed by atoms with Gasteiger partial charge in [-0.1, -0.05) is 219 Å². The van der Waals surface area contributed by atoms with Crippen molar-refractivity contribution in [3.8, 4) is 0 Å². The minimum atomic E-state index is -0.593. The average molecular weight is 940 g/mol. The molecule has 0 radical (unpaired) electrons. The number of hydrogen-bond donors (Lipinski definition) is 0. The van der Waals surface area contributed by atoms with Gasteiger partial charge in [-0.15, -0.1) is 0 Å². The van der Waals surface area contributed by atoms with Crippen molar-refractivity contribution in [3.63, 3.8) is 0 Å². The summed E-state index contributed by atoms with van der Waals surface area (Å²) in [5.74, 6) is -0.512. The molecule has 0 saturated carbocycles. The lowest BCUT2D eigenvalue weighted by Crippen LogP contribution is -2.30. The Morgan fingerprint density at radius 1 is 0.338 bits per heavy atom. The molecule has 0 aliphatic carbocycles. The number of carbonyl (C=O) groups excluding carboxylic acids is 2. The monoisotopic (exact) mass is 939 g/mol. The number of carbonyl (C=O) groups is 2. The van der Waals surface area contributed by atoms with Crippen LogP contribution in [0.1, 0.15) is 226 Å². The molecule has 0 heterocycles. The van der Waals surface area contributed by atoms with Gasteiger partial charge in [0.1, 0.15) is 6.61 Å². The Morgan fingerprint density at radius 3 is 1.12 bits per heavy atom. The van der Waals surface area contributed by atoms with E-state index in [1.165, 1.54) is 77.0 Å². The molecule has 0 aliphatic heterocycles. The van der Waals surface area contributed by atoms with E-state index in [-0.39, 0.29) is 25.2 Å². The van der Waals surface area contributed by atoms with Crippen LogP contribution in [0.2, 0.25) is 0 Å². The number of allylic oxidation sites excluding steroid dienone is 22. The van der Waals surface area contributed by atoms with Crippen molar-refractivity contribution in [1.29, 1.82) is 0 Å². The van der Waals surface area contributed by atoms with E-state index in [1.54, 1.807) is 0 Å². The van der Waals surface area contributed by atoms with Crippen LogP contribution in [0.15, 0.2) is 134 Å². The Labute approximate surface area is 419 Å². The van der Waals surface area contributed by atoms with Gasteiger partial charge in [-0.3, -0.25) is 9.59 Å². The summed E-state index contributed by atoms with van der Waals surface area (Å²) in [6.07, 6.45) is 81.9. The lowest BCUT2D eigenvalue weighted by atomic mass is 10.1. The summed E-state index contributed by atoms with van der Waals surface area (Å²) in [4.78, 5) is 25.5. The smallest absolute Gasteiger partial charge is 0.306 e. The number of ether oxygens (including phenoxy) is 3. The van der Waals surface area contributed by atoms with Crippen molar-refractivity contribution < 1.29 is 23.8 Å². The van der Waals surface area contributed by atoms with Gasteiger partial charge < -0.3 is 14.2 Å². The summed E-state index contributed by atoms with van der Waals surface area (Å²) in [6, 6.07) is 0. The van der Waals surface area contributed by atoms with E-state index in [4.69, 9.17) is 14.2 Å². The number of hydrogen-bond acceptors (Lipinski definition) is 5. The predicted molar refractivity (Wildman–Crippen MR) is 297 cm³/mol. The van der Waals surface area contributed by atoms with Crippen LogP contribution in [-0.4, -0.2) is 37.9 Å². The average Bonchev–Trinajstić information content (AvgIpc) is 3.34. The molecule has 0 aromatic rings. The molecule has 0 aromatic carbocycles. The van der Waals surface area contributed by atoms with E-state index in [2.05, 4.69) is 154 Å². The topological polar surface area (TPSA) is 61.8 Å². The minimum absolute atomic E-state index is 0.0345. The molecule has 5 heteroatoms. The van der Waals surface area contributed by atoms with E-state index in [1.807, 2.05) is 0 Å². The van der Waals surface area contributed by atoms with Crippen LogP contribution in [-0.2, 0) is 23.8 Å². The van der Waals surface area contributed by atoms with E-state index in [9.17, 15) is 9.59 Å². The molecular formula is C63H102O5. The zero-order valence-corrected chi connectivity index (χ0v) is 44.1. The second-order valence-electron chi connectivity index (χ2n) is 17.7. The Balaban J connectivity index is 4.47. The third-order valence-corrected chi connectivity index (χ3v) is 11.2. The van der Waals surface area contributed by atoms with Gasteiger partial charge in [0, 0.05) is 19.4 Å². The van der Waals surface area contributed by atoms with Crippen LogP contribution in [0.3, 0.4) is 0 Å². The Bertz CT molecular complexity index is 1430. The van der Waals surface area contributed by atoms with Crippen LogP contribution in [0.5, 0.6) is 0 Å². The lowest BCUT2D eigenvalue weighted by Gasteiger charge is -2.18. The van der Waals surface area contributed by atoms with Crippen LogP contribution < -0.4 is 0 Å². The van der Waals surface area contributed by atoms with Gasteiger partial charge in [0.15, 0.2) is 6.10 Å². The summed E-state index contributed by atoms with van der Waals surface area (Å²) in [5.41, 5.74) is 0. The summed E-state index contributed by atoms with van der Waals surface area (Å²) in [5, 5.41) is 0. The molecule has 1 unspecified atom stereocenters. The molecule has 0 saturated heterocycles. The van der Waals surface area contributed by atoms with E-state index < -0.39 is 6.10 Å². The van der Waals surface area contributed by atoms with Crippen LogP contribution in [0.4, 0.5) is 0 Å². The van der Waals surface area contributed by atoms with Crippen LogP contribution in [0.25, 0.3) is 0 Å². The quantitative estimate of drug-likeness (QED) is 0.0345. The molecule has 5 nitrogen and oxygen atoms in total. The lowest BCUT2D eigenvalue weighted by molar-refractivity contribution is -0.162. The summed E-state index contributed by atoms with van der Waals surface area (Å²) < 4.78 is 17.4. The Kier molecular flexibility index (Phi) is 54.0. The standard InChI is InChI=1S/C63H102O5/c1-4-7-10-13-16-19-22-25-28-31-32-34-35-38-41-44-47-50-53-56-62(64)67-60-61(59-66-58-55-52-49-46-43-40-37-30-27-24-21-18-15-12-9-6-3)68-63(65)57-54-51-48-45-42-39-36-33-29-26-23-20-17-14-11-8-5-2/h7-8,10-11,16-17,19-20,25-30,32,34,36,38-39,41,45,48,61H,4-6,9,12-15,18,21-24,31,33,35,37,40,42-44,46-47,49-60H2,1-3H3/b10-7-,11-8-,19-16-,20-17-,28-25-,29-26-,30-27-,34-32-,39-36-,41-38-,48-45-. The predicted octanol–water partition coefficient (Wildman–Crippen LogP) is 19.1. The highest BCUT2D eigenvalue weighted by atomic mass is 16.6. The molecule has 68 heavy (non-hydrogen) atoms. The molecule has 1 atom stereocenters. The molecule has 0 aromatic heterocycles. The van der Waals surface area contributed by atoms with Crippen molar-refractivity contribution in [2.45, 2.75) is 232 Å². The normalized spacial score (nSPS) is 13.3. The van der Waals surface area contributed by atoms with Gasteiger partial charge in [-0.25, -0.2) is 0 Å². The molecule has 0 spiro atoms. The summed E-state index contributed by atoms with van der Waals surface area (Å²) in [7, 11) is 0. The van der Waals surface area contributed by atoms with Crippen molar-refractivity contribution >= 4 is 11.9 Å². The van der Waals surface area contributed by atoms with Gasteiger partial charge in [-0.2, -0.15) is 0 Å². The molecular weight excluding hydrogens is 837 g/mol. The van der Waals surface area contributed by atoms with Gasteiger partial charge in [0.25, 0.3) is 0 Å². The molecule has 384 valence electrons. The SMILES string of the molecule is CC/C=C\C/C=C\C/C=C\C/C=C\C/C=C\CCCCCC(=O)OCC(COCCCCCCCC/C=C\CCCCCCCC)OC(=O)CCC/C=C\C/C=C\C/C=C\C/C=C\C/C=C\CC. The zero-order chi connectivity index (χ0) is 49.2. The fourth-order valence-corrected chi connectivity index (χ4v) is 7.10. The van der Waals surface area contributed by atoms with Crippen LogP contribution in [0, 0.1) is 0 Å². The van der Waals surface area contributed by atoms with Crippen molar-refractivity contribution in [2.24, 2.45) is 0 Å². The maximum absolute atomic E-state index is 12.8. The van der Waals surface area contributed by atoms with Crippen LogP contribution >= 0.6 is 0 Å². The molecule has 0 amide bonds. The second-order valence-corrected chi connectivity index (χ2v) is 17.7. The fraction of sp³-hybridized carbons (Fsp3) is 0.619. The third kappa shape index (κ3) is 54.6. The third-order valence-electron chi connectivity index (χ3n) is 11.2. The van der Waals surface area contributed by atoms with E-state index >= 15 is 0 Å². The second kappa shape index (κ2) is 57.4. The van der Waals surface area contributed by atoms with Crippen molar-refractivity contribution in [2.75, 3.05) is 19.8 Å². The molecule has 0 N–H and O–H groups in total. The molecule has 0 bridgehead atoms. The van der Waals surface area contributed by atoms with Crippen molar-refractivity contribution in [3.05, 3.63) is 134 Å². The highest BCUT2D eigenvalue weighted by Crippen LogP contribution is 2.12. The van der Waals surface area contributed by atoms with Gasteiger partial charge in [0.05, 0.1) is 6.61 Å². The first-order valence-corrected chi connectivity index (χ1v) is 27.7. The summed E-state index contributed by atoms with van der Waals surface area (Å²) >= 11 is 0.